The Balaban J connectivity index is 2.08. The molecule has 0 saturated heterocycles. The van der Waals surface area contributed by atoms with Gasteiger partial charge < -0.3 is 4.74 Å². The standard InChI is InChI=1S/C13H14FN3O/c1-8-5-9(14)6-11(13(8)18-2)12-7-15-17(16-12)10-3-4-10/h5-7,10H,3-4H2,1-2H3. The number of aromatic nitrogens is 3. The number of halogens is 1. The number of benzene rings is 1. The van der Waals surface area contributed by atoms with Crippen LogP contribution in [-0.4, -0.2) is 22.1 Å². The summed E-state index contributed by atoms with van der Waals surface area (Å²) in [6.07, 6.45) is 3.90. The first-order chi connectivity index (χ1) is 8.69. The van der Waals surface area contributed by atoms with Crippen molar-refractivity contribution in [2.45, 2.75) is 25.8 Å². The van der Waals surface area contributed by atoms with Crippen molar-refractivity contribution in [1.29, 1.82) is 0 Å². The lowest BCUT2D eigenvalue weighted by atomic mass is 10.1. The Morgan fingerprint density at radius 2 is 2.17 bits per heavy atom. The fourth-order valence-corrected chi connectivity index (χ4v) is 2.07. The summed E-state index contributed by atoms with van der Waals surface area (Å²) < 4.78 is 18.8. The second-order valence-corrected chi connectivity index (χ2v) is 4.58. The number of nitrogens with zero attached hydrogens (tertiary/aromatic N) is 3. The van der Waals surface area contributed by atoms with E-state index in [-0.39, 0.29) is 5.82 Å². The molecule has 2 aromatic rings. The quantitative estimate of drug-likeness (QED) is 0.837. The zero-order chi connectivity index (χ0) is 12.7. The van der Waals surface area contributed by atoms with Crippen molar-refractivity contribution >= 4 is 0 Å². The minimum absolute atomic E-state index is 0.288. The highest BCUT2D eigenvalue weighted by Crippen LogP contribution is 2.36. The molecule has 1 aliphatic carbocycles. The van der Waals surface area contributed by atoms with E-state index < -0.39 is 0 Å². The first kappa shape index (κ1) is 11.2. The summed E-state index contributed by atoms with van der Waals surface area (Å²) in [5.74, 6) is 0.364. The van der Waals surface area contributed by atoms with E-state index in [2.05, 4.69) is 10.2 Å². The topological polar surface area (TPSA) is 39.9 Å². The highest BCUT2D eigenvalue weighted by atomic mass is 19.1. The van der Waals surface area contributed by atoms with Crippen LogP contribution in [0.2, 0.25) is 0 Å². The molecule has 0 N–H and O–H groups in total. The highest BCUT2D eigenvalue weighted by Gasteiger charge is 2.26. The molecule has 5 heteroatoms. The molecule has 4 nitrogen and oxygen atoms in total. The highest BCUT2D eigenvalue weighted by molar-refractivity contribution is 5.68. The summed E-state index contributed by atoms with van der Waals surface area (Å²) in [5, 5.41) is 8.61. The Hall–Kier alpha value is -1.91. The van der Waals surface area contributed by atoms with E-state index in [1.165, 1.54) is 12.1 Å². The third-order valence-electron chi connectivity index (χ3n) is 3.10. The van der Waals surface area contributed by atoms with Crippen LogP contribution in [-0.2, 0) is 0 Å². The molecule has 18 heavy (non-hydrogen) atoms. The van der Waals surface area contributed by atoms with E-state index in [9.17, 15) is 4.39 Å². The third-order valence-corrected chi connectivity index (χ3v) is 3.10. The summed E-state index contributed by atoms with van der Waals surface area (Å²) in [7, 11) is 1.58. The zero-order valence-electron chi connectivity index (χ0n) is 10.4. The van der Waals surface area contributed by atoms with Gasteiger partial charge in [0.2, 0.25) is 0 Å². The second kappa shape index (κ2) is 4.08. The van der Waals surface area contributed by atoms with E-state index in [0.29, 0.717) is 23.0 Å². The normalized spacial score (nSPS) is 14.8. The lowest BCUT2D eigenvalue weighted by Crippen LogP contribution is -1.99. The maximum Gasteiger partial charge on any atom is 0.131 e. The van der Waals surface area contributed by atoms with Crippen LogP contribution < -0.4 is 4.74 Å². The lowest BCUT2D eigenvalue weighted by molar-refractivity contribution is 0.412. The van der Waals surface area contributed by atoms with E-state index in [1.54, 1.807) is 18.1 Å². The van der Waals surface area contributed by atoms with Gasteiger partial charge in [-0.05, 0) is 37.5 Å². The molecule has 1 aliphatic rings. The van der Waals surface area contributed by atoms with Gasteiger partial charge in [-0.25, -0.2) is 4.39 Å². The first-order valence-corrected chi connectivity index (χ1v) is 5.95. The minimum Gasteiger partial charge on any atom is -0.496 e. The average molecular weight is 247 g/mol. The fraction of sp³-hybridized carbons (Fsp3) is 0.385. The number of aryl methyl sites for hydroxylation is 1. The predicted molar refractivity (Wildman–Crippen MR) is 65.0 cm³/mol. The van der Waals surface area contributed by atoms with Crippen LogP contribution in [0.15, 0.2) is 18.3 Å². The van der Waals surface area contributed by atoms with Crippen molar-refractivity contribution in [1.82, 2.24) is 15.0 Å². The van der Waals surface area contributed by atoms with Crippen LogP contribution in [0.1, 0.15) is 24.4 Å². The largest absolute Gasteiger partial charge is 0.496 e. The molecule has 1 fully saturated rings. The van der Waals surface area contributed by atoms with Crippen LogP contribution in [0.5, 0.6) is 5.75 Å². The molecule has 0 bridgehead atoms. The van der Waals surface area contributed by atoms with Gasteiger partial charge in [0.05, 0.1) is 19.3 Å². The Morgan fingerprint density at radius 3 is 2.83 bits per heavy atom. The van der Waals surface area contributed by atoms with Gasteiger partial charge in [0.15, 0.2) is 0 Å². The maximum absolute atomic E-state index is 13.5. The summed E-state index contributed by atoms with van der Waals surface area (Å²) >= 11 is 0. The van der Waals surface area contributed by atoms with E-state index in [0.717, 1.165) is 18.4 Å². The molecular formula is C13H14FN3O. The van der Waals surface area contributed by atoms with Gasteiger partial charge in [-0.3, -0.25) is 0 Å². The van der Waals surface area contributed by atoms with Crippen LogP contribution in [0.25, 0.3) is 11.3 Å². The van der Waals surface area contributed by atoms with Crippen molar-refractivity contribution in [2.75, 3.05) is 7.11 Å². The molecule has 1 heterocycles. The molecule has 1 aromatic carbocycles. The van der Waals surface area contributed by atoms with Crippen LogP contribution in [0, 0.1) is 12.7 Å². The Labute approximate surface area is 104 Å². The number of methoxy groups -OCH3 is 1. The van der Waals surface area contributed by atoms with Crippen molar-refractivity contribution in [3.05, 3.63) is 29.7 Å². The van der Waals surface area contributed by atoms with Gasteiger partial charge in [0.1, 0.15) is 17.3 Å². The summed E-state index contributed by atoms with van der Waals surface area (Å²) in [6, 6.07) is 3.31. The molecule has 1 saturated carbocycles. The van der Waals surface area contributed by atoms with Gasteiger partial charge in [-0.15, -0.1) is 0 Å². The molecule has 0 spiro atoms. The molecule has 0 atom stereocenters. The van der Waals surface area contributed by atoms with Crippen LogP contribution in [0.4, 0.5) is 4.39 Å². The third kappa shape index (κ3) is 1.85. The zero-order valence-corrected chi connectivity index (χ0v) is 10.4. The van der Waals surface area contributed by atoms with Crippen LogP contribution >= 0.6 is 0 Å². The number of ether oxygens (including phenoxy) is 1. The van der Waals surface area contributed by atoms with Crippen LogP contribution in [0.3, 0.4) is 0 Å². The van der Waals surface area contributed by atoms with Crippen molar-refractivity contribution < 1.29 is 9.13 Å². The Bertz CT molecular complexity index is 590. The molecule has 1 aromatic heterocycles. The fourth-order valence-electron chi connectivity index (χ4n) is 2.07. The van der Waals surface area contributed by atoms with Gasteiger partial charge >= 0.3 is 0 Å². The number of hydrogen-bond donors (Lipinski definition) is 0. The summed E-state index contributed by atoms with van der Waals surface area (Å²) in [6.45, 7) is 1.82. The van der Waals surface area contributed by atoms with Gasteiger partial charge in [0.25, 0.3) is 0 Å². The number of rotatable bonds is 3. The summed E-state index contributed by atoms with van der Waals surface area (Å²) in [5.41, 5.74) is 2.07. The van der Waals surface area contributed by atoms with E-state index in [1.807, 2.05) is 6.92 Å². The van der Waals surface area contributed by atoms with Crippen molar-refractivity contribution in [3.63, 3.8) is 0 Å². The molecule has 0 radical (unpaired) electrons. The molecule has 3 rings (SSSR count). The summed E-state index contributed by atoms with van der Waals surface area (Å²) in [4.78, 5) is 1.70. The molecule has 0 unspecified atom stereocenters. The van der Waals surface area contributed by atoms with Crippen molar-refractivity contribution in [2.24, 2.45) is 0 Å². The smallest absolute Gasteiger partial charge is 0.131 e. The Morgan fingerprint density at radius 1 is 1.39 bits per heavy atom. The maximum atomic E-state index is 13.5. The molecule has 0 amide bonds. The number of hydrogen-bond acceptors (Lipinski definition) is 3. The predicted octanol–water partition coefficient (Wildman–Crippen LogP) is 2.74. The molecule has 94 valence electrons. The van der Waals surface area contributed by atoms with Gasteiger partial charge in [-0.1, -0.05) is 0 Å². The average Bonchev–Trinajstić information content (AvgIpc) is 3.06. The SMILES string of the molecule is COc1c(C)cc(F)cc1-c1cnn(C2CC2)n1. The molecular weight excluding hydrogens is 233 g/mol. The second-order valence-electron chi connectivity index (χ2n) is 4.58. The monoisotopic (exact) mass is 247 g/mol. The first-order valence-electron chi connectivity index (χ1n) is 5.95. The van der Waals surface area contributed by atoms with Gasteiger partial charge in [-0.2, -0.15) is 15.0 Å². The van der Waals surface area contributed by atoms with E-state index >= 15 is 0 Å². The van der Waals surface area contributed by atoms with E-state index in [4.69, 9.17) is 4.74 Å². The minimum atomic E-state index is -0.288. The molecule has 0 aliphatic heterocycles. The lowest BCUT2D eigenvalue weighted by Gasteiger charge is -2.09. The van der Waals surface area contributed by atoms with Gasteiger partial charge in [0, 0.05) is 5.56 Å². The Kier molecular flexibility index (Phi) is 2.54. The van der Waals surface area contributed by atoms with Crippen molar-refractivity contribution in [3.8, 4) is 17.0 Å².